The van der Waals surface area contributed by atoms with Gasteiger partial charge in [-0.3, -0.25) is 10.3 Å². The van der Waals surface area contributed by atoms with Gasteiger partial charge >= 0.3 is 6.03 Å². The number of urea groups is 1. The minimum Gasteiger partial charge on any atom is -0.295 e. The van der Waals surface area contributed by atoms with E-state index in [0.717, 1.165) is 10.2 Å². The molecular weight excluding hydrogens is 234 g/mol. The zero-order valence-corrected chi connectivity index (χ0v) is 8.71. The number of nitrogens with two attached hydrogens (primary N) is 1. The maximum absolute atomic E-state index is 11.1. The van der Waals surface area contributed by atoms with Gasteiger partial charge in [-0.15, -0.1) is 0 Å². The van der Waals surface area contributed by atoms with Crippen molar-refractivity contribution in [2.75, 3.05) is 11.9 Å². The van der Waals surface area contributed by atoms with Gasteiger partial charge in [0.1, 0.15) is 0 Å². The Kier molecular flexibility index (Phi) is 3.27. The van der Waals surface area contributed by atoms with Crippen molar-refractivity contribution in [2.45, 2.75) is 0 Å². The van der Waals surface area contributed by atoms with Gasteiger partial charge in [-0.25, -0.2) is 10.6 Å². The van der Waals surface area contributed by atoms with E-state index in [1.807, 2.05) is 24.3 Å². The van der Waals surface area contributed by atoms with Gasteiger partial charge in [0.2, 0.25) is 0 Å². The number of rotatable bonds is 1. The SMILES string of the molecule is CN(C(=O)NN)c1ccccc1Br. The Labute approximate surface area is 84.8 Å². The molecule has 4 nitrogen and oxygen atoms in total. The predicted molar refractivity (Wildman–Crippen MR) is 55.3 cm³/mol. The number of carbonyl (C=O) groups excluding carboxylic acids is 1. The molecule has 0 heterocycles. The van der Waals surface area contributed by atoms with Gasteiger partial charge in [0.15, 0.2) is 0 Å². The average molecular weight is 244 g/mol. The molecule has 0 radical (unpaired) electrons. The third kappa shape index (κ3) is 2.19. The Morgan fingerprint density at radius 1 is 1.54 bits per heavy atom. The van der Waals surface area contributed by atoms with E-state index in [2.05, 4.69) is 21.4 Å². The zero-order chi connectivity index (χ0) is 9.84. The average Bonchev–Trinajstić information content (AvgIpc) is 2.16. The van der Waals surface area contributed by atoms with Gasteiger partial charge in [0, 0.05) is 11.5 Å². The molecule has 0 atom stereocenters. The topological polar surface area (TPSA) is 58.4 Å². The van der Waals surface area contributed by atoms with Crippen molar-refractivity contribution < 1.29 is 4.79 Å². The molecule has 70 valence electrons. The van der Waals surface area contributed by atoms with E-state index >= 15 is 0 Å². The lowest BCUT2D eigenvalue weighted by molar-refractivity contribution is 0.247. The monoisotopic (exact) mass is 243 g/mol. The fraction of sp³-hybridized carbons (Fsp3) is 0.125. The molecule has 0 spiro atoms. The van der Waals surface area contributed by atoms with Crippen molar-refractivity contribution in [3.63, 3.8) is 0 Å². The zero-order valence-electron chi connectivity index (χ0n) is 7.12. The minimum absolute atomic E-state index is 0.355. The third-order valence-corrected chi connectivity index (χ3v) is 2.31. The minimum atomic E-state index is -0.355. The number of anilines is 1. The quantitative estimate of drug-likeness (QED) is 0.446. The van der Waals surface area contributed by atoms with Crippen LogP contribution in [0, 0.1) is 0 Å². The van der Waals surface area contributed by atoms with Crippen LogP contribution in [0.25, 0.3) is 0 Å². The molecule has 1 rings (SSSR count). The van der Waals surface area contributed by atoms with E-state index in [0.29, 0.717) is 0 Å². The summed E-state index contributed by atoms with van der Waals surface area (Å²) in [5.41, 5.74) is 2.83. The Morgan fingerprint density at radius 2 is 2.15 bits per heavy atom. The van der Waals surface area contributed by atoms with Gasteiger partial charge < -0.3 is 0 Å². The molecule has 3 N–H and O–H groups in total. The molecule has 13 heavy (non-hydrogen) atoms. The van der Waals surface area contributed by atoms with E-state index in [4.69, 9.17) is 5.84 Å². The van der Waals surface area contributed by atoms with Gasteiger partial charge in [-0.2, -0.15) is 0 Å². The Bertz CT molecular complexity index is 316. The number of carbonyl (C=O) groups is 1. The fourth-order valence-electron chi connectivity index (χ4n) is 0.930. The summed E-state index contributed by atoms with van der Waals surface area (Å²) in [7, 11) is 1.64. The number of hydrazine groups is 1. The summed E-state index contributed by atoms with van der Waals surface area (Å²) in [6.45, 7) is 0. The van der Waals surface area contributed by atoms with Crippen molar-refractivity contribution in [3.8, 4) is 0 Å². The second-order valence-electron chi connectivity index (χ2n) is 2.46. The largest absolute Gasteiger partial charge is 0.335 e. The fourth-order valence-corrected chi connectivity index (χ4v) is 1.48. The highest BCUT2D eigenvalue weighted by Crippen LogP contribution is 2.24. The maximum atomic E-state index is 11.1. The Balaban J connectivity index is 2.95. The molecule has 0 aromatic heterocycles. The first kappa shape index (κ1) is 10.0. The van der Waals surface area contributed by atoms with Crippen LogP contribution in [0.3, 0.4) is 0 Å². The number of halogens is 1. The van der Waals surface area contributed by atoms with E-state index in [9.17, 15) is 4.79 Å². The molecule has 0 saturated carbocycles. The van der Waals surface area contributed by atoms with Crippen molar-refractivity contribution in [2.24, 2.45) is 5.84 Å². The molecule has 0 fully saturated rings. The lowest BCUT2D eigenvalue weighted by Crippen LogP contribution is -2.41. The first-order valence-electron chi connectivity index (χ1n) is 3.65. The highest BCUT2D eigenvalue weighted by molar-refractivity contribution is 9.10. The molecule has 0 unspecified atom stereocenters. The van der Waals surface area contributed by atoms with Crippen LogP contribution >= 0.6 is 15.9 Å². The summed E-state index contributed by atoms with van der Waals surface area (Å²) >= 11 is 3.33. The van der Waals surface area contributed by atoms with Crippen LogP contribution in [0.15, 0.2) is 28.7 Å². The summed E-state index contributed by atoms with van der Waals surface area (Å²) in [5.74, 6) is 5.00. The maximum Gasteiger partial charge on any atom is 0.335 e. The van der Waals surface area contributed by atoms with Crippen LogP contribution in [-0.2, 0) is 0 Å². The number of benzene rings is 1. The van der Waals surface area contributed by atoms with E-state index < -0.39 is 0 Å². The van der Waals surface area contributed by atoms with Gasteiger partial charge in [0.05, 0.1) is 5.69 Å². The number of nitrogens with zero attached hydrogens (tertiary/aromatic N) is 1. The van der Waals surface area contributed by atoms with E-state index in [-0.39, 0.29) is 6.03 Å². The molecule has 1 aromatic rings. The summed E-state index contributed by atoms with van der Waals surface area (Å²) in [6, 6.07) is 7.05. The van der Waals surface area contributed by atoms with Gasteiger partial charge in [0.25, 0.3) is 0 Å². The number of para-hydroxylation sites is 1. The molecule has 2 amide bonds. The molecule has 0 aliphatic carbocycles. The van der Waals surface area contributed by atoms with Crippen molar-refractivity contribution in [1.82, 2.24) is 5.43 Å². The summed E-state index contributed by atoms with van der Waals surface area (Å²) in [6.07, 6.45) is 0. The van der Waals surface area contributed by atoms with E-state index in [1.54, 1.807) is 7.05 Å². The van der Waals surface area contributed by atoms with Crippen LogP contribution in [0.1, 0.15) is 0 Å². The molecule has 5 heteroatoms. The predicted octanol–water partition coefficient (Wildman–Crippen LogP) is 1.47. The highest BCUT2D eigenvalue weighted by atomic mass is 79.9. The highest BCUT2D eigenvalue weighted by Gasteiger charge is 2.10. The number of amides is 2. The summed E-state index contributed by atoms with van der Waals surface area (Å²) in [4.78, 5) is 12.6. The Morgan fingerprint density at radius 3 is 2.69 bits per heavy atom. The van der Waals surface area contributed by atoms with Crippen LogP contribution in [0.4, 0.5) is 10.5 Å². The third-order valence-electron chi connectivity index (χ3n) is 1.64. The summed E-state index contributed by atoms with van der Waals surface area (Å²) < 4.78 is 0.848. The lowest BCUT2D eigenvalue weighted by Gasteiger charge is -2.17. The standard InChI is InChI=1S/C8H10BrN3O/c1-12(8(13)11-10)7-5-3-2-4-6(7)9/h2-5H,10H2,1H3,(H,11,13). The van der Waals surface area contributed by atoms with Crippen molar-refractivity contribution in [1.29, 1.82) is 0 Å². The smallest absolute Gasteiger partial charge is 0.295 e. The second-order valence-corrected chi connectivity index (χ2v) is 3.31. The Hall–Kier alpha value is -1.07. The van der Waals surface area contributed by atoms with Crippen LogP contribution < -0.4 is 16.2 Å². The molecule has 0 bridgehead atoms. The lowest BCUT2D eigenvalue weighted by atomic mass is 10.3. The number of nitrogens with one attached hydrogen (secondary N) is 1. The summed E-state index contributed by atoms with van der Waals surface area (Å²) in [5, 5.41) is 0. The van der Waals surface area contributed by atoms with Crippen molar-refractivity contribution >= 4 is 27.6 Å². The first-order valence-corrected chi connectivity index (χ1v) is 4.45. The second kappa shape index (κ2) is 4.25. The molecular formula is C8H10BrN3O. The number of hydrogen-bond donors (Lipinski definition) is 2. The van der Waals surface area contributed by atoms with Crippen LogP contribution in [-0.4, -0.2) is 13.1 Å². The molecule has 0 aliphatic rings. The number of hydrogen-bond acceptors (Lipinski definition) is 2. The normalized spacial score (nSPS) is 9.46. The van der Waals surface area contributed by atoms with Crippen molar-refractivity contribution in [3.05, 3.63) is 28.7 Å². The first-order chi connectivity index (χ1) is 6.16. The molecule has 0 aliphatic heterocycles. The van der Waals surface area contributed by atoms with Crippen LogP contribution in [0.2, 0.25) is 0 Å². The van der Waals surface area contributed by atoms with E-state index in [1.165, 1.54) is 4.90 Å². The molecule has 1 aromatic carbocycles. The van der Waals surface area contributed by atoms with Crippen LogP contribution in [0.5, 0.6) is 0 Å². The molecule has 0 saturated heterocycles. The van der Waals surface area contributed by atoms with Gasteiger partial charge in [-0.1, -0.05) is 12.1 Å². The van der Waals surface area contributed by atoms with Gasteiger partial charge in [-0.05, 0) is 28.1 Å².